The third-order valence-corrected chi connectivity index (χ3v) is 2.69. The van der Waals surface area contributed by atoms with Crippen molar-refractivity contribution in [3.63, 3.8) is 0 Å². The van der Waals surface area contributed by atoms with Gasteiger partial charge in [-0.1, -0.05) is 38.0 Å². The van der Waals surface area contributed by atoms with Crippen molar-refractivity contribution in [1.82, 2.24) is 0 Å². The number of carboxylic acids is 1. The molecule has 0 aliphatic carbocycles. The molecule has 0 fully saturated rings. The quantitative estimate of drug-likeness (QED) is 0.564. The summed E-state index contributed by atoms with van der Waals surface area (Å²) in [6.07, 6.45) is 5.51. The van der Waals surface area contributed by atoms with Gasteiger partial charge in [-0.05, 0) is 24.5 Å². The molecular formula is C15H20O3. The highest BCUT2D eigenvalue weighted by atomic mass is 16.5. The summed E-state index contributed by atoms with van der Waals surface area (Å²) in [7, 11) is 0. The van der Waals surface area contributed by atoms with Crippen molar-refractivity contribution < 1.29 is 14.6 Å². The fraction of sp³-hybridized carbons (Fsp3) is 0.400. The van der Waals surface area contributed by atoms with Crippen molar-refractivity contribution in [3.05, 3.63) is 42.0 Å². The first kappa shape index (κ1) is 14.3. The molecule has 0 saturated heterocycles. The monoisotopic (exact) mass is 248 g/mol. The molecule has 1 aromatic carbocycles. The van der Waals surface area contributed by atoms with Crippen molar-refractivity contribution in [3.8, 4) is 5.75 Å². The fourth-order valence-corrected chi connectivity index (χ4v) is 1.77. The summed E-state index contributed by atoms with van der Waals surface area (Å²) in [6, 6.07) is 5.19. The van der Waals surface area contributed by atoms with Crippen LogP contribution >= 0.6 is 0 Å². The molecule has 0 spiro atoms. The lowest BCUT2D eigenvalue weighted by atomic mass is 10.1. The Kier molecular flexibility index (Phi) is 5.98. The summed E-state index contributed by atoms with van der Waals surface area (Å²) in [6.45, 7) is 6.36. The molecule has 0 aliphatic heterocycles. The van der Waals surface area contributed by atoms with Crippen LogP contribution in [-0.2, 0) is 6.42 Å². The number of allylic oxidation sites excluding steroid dienone is 1. The van der Waals surface area contributed by atoms with E-state index in [0.29, 0.717) is 18.8 Å². The van der Waals surface area contributed by atoms with Crippen LogP contribution in [-0.4, -0.2) is 17.7 Å². The minimum atomic E-state index is -0.952. The molecular weight excluding hydrogens is 228 g/mol. The van der Waals surface area contributed by atoms with Crippen LogP contribution in [0, 0.1) is 0 Å². The second-order valence-electron chi connectivity index (χ2n) is 4.15. The van der Waals surface area contributed by atoms with E-state index in [-0.39, 0.29) is 5.56 Å². The second kappa shape index (κ2) is 7.54. The normalized spacial score (nSPS) is 10.1. The van der Waals surface area contributed by atoms with E-state index in [2.05, 4.69) is 13.5 Å². The Bertz CT molecular complexity index is 410. The first-order valence-electron chi connectivity index (χ1n) is 6.29. The number of unbranched alkanes of at least 4 members (excludes halogenated alkanes) is 2. The Morgan fingerprint density at radius 2 is 2.22 bits per heavy atom. The number of carbonyl (C=O) groups is 1. The summed E-state index contributed by atoms with van der Waals surface area (Å²) in [5, 5.41) is 9.16. The maximum Gasteiger partial charge on any atom is 0.339 e. The number of ether oxygens (including phenoxy) is 1. The van der Waals surface area contributed by atoms with Crippen molar-refractivity contribution in [2.75, 3.05) is 6.61 Å². The number of para-hydroxylation sites is 1. The Morgan fingerprint density at radius 1 is 1.44 bits per heavy atom. The number of hydrogen-bond donors (Lipinski definition) is 1. The van der Waals surface area contributed by atoms with E-state index in [1.165, 1.54) is 0 Å². The van der Waals surface area contributed by atoms with Crippen LogP contribution in [0.3, 0.4) is 0 Å². The van der Waals surface area contributed by atoms with Crippen LogP contribution in [0.4, 0.5) is 0 Å². The zero-order valence-corrected chi connectivity index (χ0v) is 10.8. The Morgan fingerprint density at radius 3 is 2.83 bits per heavy atom. The minimum absolute atomic E-state index is 0.228. The number of aromatic carboxylic acids is 1. The molecule has 0 aromatic heterocycles. The van der Waals surface area contributed by atoms with Crippen LogP contribution in [0.15, 0.2) is 30.9 Å². The van der Waals surface area contributed by atoms with Gasteiger partial charge in [0, 0.05) is 0 Å². The third-order valence-electron chi connectivity index (χ3n) is 2.69. The van der Waals surface area contributed by atoms with Gasteiger partial charge < -0.3 is 9.84 Å². The SMILES string of the molecule is C=CCc1cccc(C(=O)O)c1OCCCCC. The number of rotatable bonds is 8. The number of hydrogen-bond acceptors (Lipinski definition) is 2. The van der Waals surface area contributed by atoms with Gasteiger partial charge in [0.25, 0.3) is 0 Å². The molecule has 3 heteroatoms. The molecule has 0 bridgehead atoms. The van der Waals surface area contributed by atoms with E-state index in [1.807, 2.05) is 6.07 Å². The summed E-state index contributed by atoms with van der Waals surface area (Å²) in [4.78, 5) is 11.2. The van der Waals surface area contributed by atoms with E-state index < -0.39 is 5.97 Å². The zero-order chi connectivity index (χ0) is 13.4. The molecule has 18 heavy (non-hydrogen) atoms. The third kappa shape index (κ3) is 3.91. The van der Waals surface area contributed by atoms with Gasteiger partial charge in [-0.25, -0.2) is 4.79 Å². The van der Waals surface area contributed by atoms with Gasteiger partial charge in [-0.15, -0.1) is 6.58 Å². The maximum atomic E-state index is 11.2. The molecule has 1 aromatic rings. The lowest BCUT2D eigenvalue weighted by Gasteiger charge is -2.13. The molecule has 98 valence electrons. The standard InChI is InChI=1S/C15H20O3/c1-3-5-6-11-18-14-12(8-4-2)9-7-10-13(14)15(16)17/h4,7,9-10H,2-3,5-6,8,11H2,1H3,(H,16,17). The molecule has 0 amide bonds. The highest BCUT2D eigenvalue weighted by Crippen LogP contribution is 2.25. The van der Waals surface area contributed by atoms with Gasteiger partial charge in [-0.2, -0.15) is 0 Å². The molecule has 3 nitrogen and oxygen atoms in total. The van der Waals surface area contributed by atoms with Gasteiger partial charge in [-0.3, -0.25) is 0 Å². The van der Waals surface area contributed by atoms with Crippen LogP contribution in [0.25, 0.3) is 0 Å². The highest BCUT2D eigenvalue weighted by Gasteiger charge is 2.14. The molecule has 0 saturated carbocycles. The van der Waals surface area contributed by atoms with E-state index in [1.54, 1.807) is 18.2 Å². The molecule has 0 heterocycles. The minimum Gasteiger partial charge on any atom is -0.492 e. The second-order valence-corrected chi connectivity index (χ2v) is 4.15. The highest BCUT2D eigenvalue weighted by molar-refractivity contribution is 5.91. The first-order valence-corrected chi connectivity index (χ1v) is 6.29. The number of carboxylic acid groups (broad SMARTS) is 1. The molecule has 1 rings (SSSR count). The van der Waals surface area contributed by atoms with Crippen LogP contribution < -0.4 is 4.74 Å². The van der Waals surface area contributed by atoms with Gasteiger partial charge in [0.15, 0.2) is 0 Å². The first-order chi connectivity index (χ1) is 8.70. The lowest BCUT2D eigenvalue weighted by molar-refractivity contribution is 0.0692. The smallest absolute Gasteiger partial charge is 0.339 e. The van der Waals surface area contributed by atoms with Crippen LogP contribution in [0.5, 0.6) is 5.75 Å². The summed E-state index contributed by atoms with van der Waals surface area (Å²) < 4.78 is 5.66. The molecule has 0 atom stereocenters. The fourth-order valence-electron chi connectivity index (χ4n) is 1.77. The van der Waals surface area contributed by atoms with Gasteiger partial charge in [0.1, 0.15) is 11.3 Å². The average Bonchev–Trinajstić information content (AvgIpc) is 2.36. The average molecular weight is 248 g/mol. The number of benzene rings is 1. The van der Waals surface area contributed by atoms with E-state index in [9.17, 15) is 4.79 Å². The molecule has 1 N–H and O–H groups in total. The van der Waals surface area contributed by atoms with Crippen molar-refractivity contribution in [1.29, 1.82) is 0 Å². The van der Waals surface area contributed by atoms with E-state index >= 15 is 0 Å². The molecule has 0 radical (unpaired) electrons. The summed E-state index contributed by atoms with van der Waals surface area (Å²) in [5.41, 5.74) is 1.10. The van der Waals surface area contributed by atoms with Gasteiger partial charge in [0.05, 0.1) is 6.61 Å². The summed E-state index contributed by atoms with van der Waals surface area (Å²) >= 11 is 0. The molecule has 0 unspecified atom stereocenters. The Balaban J connectivity index is 2.88. The van der Waals surface area contributed by atoms with Gasteiger partial charge in [0.2, 0.25) is 0 Å². The predicted octanol–water partition coefficient (Wildman–Crippen LogP) is 3.68. The van der Waals surface area contributed by atoms with Crippen molar-refractivity contribution in [2.45, 2.75) is 32.6 Å². The summed E-state index contributed by atoms with van der Waals surface area (Å²) in [5.74, 6) is -0.465. The topological polar surface area (TPSA) is 46.5 Å². The predicted molar refractivity (Wildman–Crippen MR) is 72.3 cm³/mol. The van der Waals surface area contributed by atoms with E-state index in [4.69, 9.17) is 9.84 Å². The maximum absolute atomic E-state index is 11.2. The Hall–Kier alpha value is -1.77. The van der Waals surface area contributed by atoms with Gasteiger partial charge >= 0.3 is 5.97 Å². The van der Waals surface area contributed by atoms with Crippen LogP contribution in [0.1, 0.15) is 42.1 Å². The van der Waals surface area contributed by atoms with E-state index in [0.717, 1.165) is 24.8 Å². The lowest BCUT2D eigenvalue weighted by Crippen LogP contribution is -2.07. The largest absolute Gasteiger partial charge is 0.492 e. The van der Waals surface area contributed by atoms with Crippen molar-refractivity contribution in [2.24, 2.45) is 0 Å². The zero-order valence-electron chi connectivity index (χ0n) is 10.8. The molecule has 0 aliphatic rings. The van der Waals surface area contributed by atoms with Crippen molar-refractivity contribution >= 4 is 5.97 Å². The van der Waals surface area contributed by atoms with Crippen LogP contribution in [0.2, 0.25) is 0 Å². The Labute approximate surface area is 108 Å².